The first-order valence-corrected chi connectivity index (χ1v) is 7.58. The number of methoxy groups -OCH3 is 1. The molecule has 0 aliphatic carbocycles. The average molecular weight is 349 g/mol. The predicted molar refractivity (Wildman–Crippen MR) is 89.9 cm³/mol. The number of hydrogen-bond donors (Lipinski definition) is 1. The van der Waals surface area contributed by atoms with Crippen LogP contribution in [0.4, 0.5) is 5.82 Å². The van der Waals surface area contributed by atoms with Crippen LogP contribution in [0.15, 0.2) is 42.6 Å². The smallest absolute Gasteiger partial charge is 0.338 e. The van der Waals surface area contributed by atoms with E-state index in [9.17, 15) is 9.59 Å². The molecule has 0 bridgehead atoms. The number of halogens is 1. The minimum Gasteiger partial charge on any atom is -0.449 e. The van der Waals surface area contributed by atoms with Crippen LogP contribution in [0.2, 0.25) is 5.02 Å². The molecule has 24 heavy (non-hydrogen) atoms. The summed E-state index contributed by atoms with van der Waals surface area (Å²) < 4.78 is 10.2. The van der Waals surface area contributed by atoms with Crippen molar-refractivity contribution in [2.24, 2.45) is 0 Å². The second kappa shape index (κ2) is 8.42. The molecular weight excluding hydrogens is 332 g/mol. The second-order valence-corrected chi connectivity index (χ2v) is 5.47. The Morgan fingerprint density at radius 3 is 2.75 bits per heavy atom. The Bertz CT molecular complexity index is 719. The van der Waals surface area contributed by atoms with Gasteiger partial charge >= 0.3 is 5.97 Å². The van der Waals surface area contributed by atoms with E-state index in [0.717, 1.165) is 5.56 Å². The van der Waals surface area contributed by atoms with Crippen LogP contribution in [0.3, 0.4) is 0 Å². The fraction of sp³-hybridized carbons (Fsp3) is 0.235. The number of ether oxygens (including phenoxy) is 2. The Hall–Kier alpha value is -2.44. The lowest BCUT2D eigenvalue weighted by atomic mass is 10.1. The van der Waals surface area contributed by atoms with E-state index in [2.05, 4.69) is 10.3 Å². The zero-order valence-electron chi connectivity index (χ0n) is 13.3. The Labute approximate surface area is 144 Å². The minimum absolute atomic E-state index is 0.328. The number of pyridine rings is 1. The van der Waals surface area contributed by atoms with E-state index in [4.69, 9.17) is 21.1 Å². The van der Waals surface area contributed by atoms with Gasteiger partial charge in [-0.25, -0.2) is 9.78 Å². The molecule has 1 N–H and O–H groups in total. The highest BCUT2D eigenvalue weighted by atomic mass is 35.5. The maximum Gasteiger partial charge on any atom is 0.338 e. The Morgan fingerprint density at radius 1 is 1.29 bits per heavy atom. The van der Waals surface area contributed by atoms with Crippen molar-refractivity contribution < 1.29 is 19.1 Å². The summed E-state index contributed by atoms with van der Waals surface area (Å²) in [7, 11) is 1.57. The maximum atomic E-state index is 12.1. The molecule has 0 aliphatic heterocycles. The fourth-order valence-corrected chi connectivity index (χ4v) is 2.03. The van der Waals surface area contributed by atoms with Gasteiger partial charge in [-0.1, -0.05) is 23.7 Å². The summed E-state index contributed by atoms with van der Waals surface area (Å²) in [6.07, 6.45) is 0.441. The summed E-state index contributed by atoms with van der Waals surface area (Å²) in [5.41, 5.74) is 1.20. The average Bonchev–Trinajstić information content (AvgIpc) is 2.57. The van der Waals surface area contributed by atoms with Crippen LogP contribution in [0.5, 0.6) is 0 Å². The number of aromatic nitrogens is 1. The quantitative estimate of drug-likeness (QED) is 0.812. The van der Waals surface area contributed by atoms with E-state index >= 15 is 0 Å². The first-order chi connectivity index (χ1) is 11.5. The number of carbonyl (C=O) groups excluding carboxylic acids is 2. The van der Waals surface area contributed by atoms with Crippen LogP contribution in [0.1, 0.15) is 22.8 Å². The van der Waals surface area contributed by atoms with Crippen molar-refractivity contribution in [1.82, 2.24) is 4.98 Å². The summed E-state index contributed by atoms with van der Waals surface area (Å²) in [4.78, 5) is 28.1. The van der Waals surface area contributed by atoms with Crippen molar-refractivity contribution in [3.8, 4) is 0 Å². The lowest BCUT2D eigenvalue weighted by molar-refractivity contribution is -0.123. The third-order valence-corrected chi connectivity index (χ3v) is 3.33. The number of nitrogens with one attached hydrogen (secondary N) is 1. The van der Waals surface area contributed by atoms with E-state index < -0.39 is 18.0 Å². The molecule has 2 rings (SSSR count). The van der Waals surface area contributed by atoms with Crippen molar-refractivity contribution in [3.05, 3.63) is 58.7 Å². The molecule has 1 heterocycles. The summed E-state index contributed by atoms with van der Waals surface area (Å²) in [6.45, 7) is 1.88. The first-order valence-electron chi connectivity index (χ1n) is 7.21. The van der Waals surface area contributed by atoms with Crippen LogP contribution < -0.4 is 5.32 Å². The summed E-state index contributed by atoms with van der Waals surface area (Å²) >= 11 is 5.73. The van der Waals surface area contributed by atoms with Gasteiger partial charge in [0.15, 0.2) is 6.10 Å². The zero-order valence-corrected chi connectivity index (χ0v) is 14.0. The topological polar surface area (TPSA) is 77.5 Å². The molecule has 0 spiro atoms. The molecule has 1 aromatic carbocycles. The Kier molecular flexibility index (Phi) is 6.28. The van der Waals surface area contributed by atoms with E-state index in [0.29, 0.717) is 23.0 Å². The molecule has 0 saturated heterocycles. The highest BCUT2D eigenvalue weighted by Gasteiger charge is 2.19. The molecule has 1 atom stereocenters. The number of amides is 1. The molecule has 0 aliphatic rings. The largest absolute Gasteiger partial charge is 0.449 e. The zero-order chi connectivity index (χ0) is 17.5. The maximum absolute atomic E-state index is 12.1. The van der Waals surface area contributed by atoms with Crippen LogP contribution in [-0.4, -0.2) is 30.1 Å². The number of hydrogen-bond acceptors (Lipinski definition) is 5. The van der Waals surface area contributed by atoms with Crippen LogP contribution in [-0.2, 0) is 20.9 Å². The summed E-state index contributed by atoms with van der Waals surface area (Å²) in [6, 6.07) is 10.0. The van der Waals surface area contributed by atoms with Gasteiger partial charge in [-0.15, -0.1) is 0 Å². The van der Waals surface area contributed by atoms with E-state index in [1.165, 1.54) is 13.1 Å². The SMILES string of the molecule is COCc1cccc(C(=O)O[C@H](C)C(=O)Nc2ccc(Cl)cn2)c1. The Morgan fingerprint density at radius 2 is 2.08 bits per heavy atom. The number of nitrogens with zero attached hydrogens (tertiary/aromatic N) is 1. The van der Waals surface area contributed by atoms with Gasteiger partial charge in [0, 0.05) is 13.3 Å². The molecule has 1 amide bonds. The van der Waals surface area contributed by atoms with Crippen molar-refractivity contribution in [1.29, 1.82) is 0 Å². The molecule has 0 unspecified atom stereocenters. The van der Waals surface area contributed by atoms with Crippen LogP contribution in [0.25, 0.3) is 0 Å². The standard InChI is InChI=1S/C17H17ClN2O4/c1-11(16(21)20-15-7-6-14(18)9-19-15)24-17(22)13-5-3-4-12(8-13)10-23-2/h3-9,11H,10H2,1-2H3,(H,19,20,21)/t11-/m1/s1. The number of anilines is 1. The highest BCUT2D eigenvalue weighted by Crippen LogP contribution is 2.12. The van der Waals surface area contributed by atoms with Crippen molar-refractivity contribution >= 4 is 29.3 Å². The van der Waals surface area contributed by atoms with Gasteiger partial charge in [0.25, 0.3) is 5.91 Å². The lowest BCUT2D eigenvalue weighted by Crippen LogP contribution is -2.30. The summed E-state index contributed by atoms with van der Waals surface area (Å²) in [5.74, 6) is -0.736. The van der Waals surface area contributed by atoms with Gasteiger partial charge in [-0.05, 0) is 36.8 Å². The molecule has 7 heteroatoms. The molecule has 126 valence electrons. The summed E-state index contributed by atoms with van der Waals surface area (Å²) in [5, 5.41) is 3.01. The predicted octanol–water partition coefficient (Wildman–Crippen LogP) is 3.07. The second-order valence-electron chi connectivity index (χ2n) is 5.03. The molecule has 6 nitrogen and oxygen atoms in total. The number of esters is 1. The normalized spacial score (nSPS) is 11.6. The fourth-order valence-electron chi connectivity index (χ4n) is 1.91. The van der Waals surface area contributed by atoms with Gasteiger partial charge in [0.2, 0.25) is 0 Å². The number of benzene rings is 1. The molecule has 1 aromatic heterocycles. The third-order valence-electron chi connectivity index (χ3n) is 3.11. The third kappa shape index (κ3) is 5.04. The first kappa shape index (κ1) is 17.9. The molecule has 0 saturated carbocycles. The van der Waals surface area contributed by atoms with Gasteiger partial charge in [0.05, 0.1) is 17.2 Å². The van der Waals surface area contributed by atoms with Gasteiger partial charge in [-0.2, -0.15) is 0 Å². The van der Waals surface area contributed by atoms with Crippen molar-refractivity contribution in [2.45, 2.75) is 19.6 Å². The van der Waals surface area contributed by atoms with Crippen molar-refractivity contribution in [2.75, 3.05) is 12.4 Å². The molecule has 2 aromatic rings. The van der Waals surface area contributed by atoms with E-state index in [-0.39, 0.29) is 0 Å². The molecule has 0 fully saturated rings. The van der Waals surface area contributed by atoms with Crippen LogP contribution >= 0.6 is 11.6 Å². The van der Waals surface area contributed by atoms with Gasteiger partial charge < -0.3 is 14.8 Å². The number of rotatable bonds is 6. The van der Waals surface area contributed by atoms with Gasteiger partial charge in [0.1, 0.15) is 5.82 Å². The number of carbonyl (C=O) groups is 2. The Balaban J connectivity index is 1.96. The molecular formula is C17H17ClN2O4. The monoisotopic (exact) mass is 348 g/mol. The van der Waals surface area contributed by atoms with Crippen LogP contribution in [0, 0.1) is 0 Å². The van der Waals surface area contributed by atoms with E-state index in [1.54, 1.807) is 37.4 Å². The van der Waals surface area contributed by atoms with Crippen molar-refractivity contribution in [3.63, 3.8) is 0 Å². The highest BCUT2D eigenvalue weighted by molar-refractivity contribution is 6.30. The minimum atomic E-state index is -0.971. The van der Waals surface area contributed by atoms with Gasteiger partial charge in [-0.3, -0.25) is 4.79 Å². The van der Waals surface area contributed by atoms with E-state index in [1.807, 2.05) is 6.07 Å². The lowest BCUT2D eigenvalue weighted by Gasteiger charge is -2.13. The molecule has 0 radical (unpaired) electrons.